The van der Waals surface area contributed by atoms with Gasteiger partial charge in [0, 0.05) is 106 Å². The van der Waals surface area contributed by atoms with Crippen LogP contribution in [-0.4, -0.2) is 29.1 Å². The number of nitrogens with zero attached hydrogens (tertiary/aromatic N) is 6. The monoisotopic (exact) mass is 1570 g/mol. The molecule has 0 fully saturated rings. The summed E-state index contributed by atoms with van der Waals surface area (Å²) in [6.07, 6.45) is 0. The molecule has 6 nitrogen and oxygen atoms in total. The van der Waals surface area contributed by atoms with Crippen molar-refractivity contribution >= 4 is 213 Å². The zero-order valence-corrected chi connectivity index (χ0v) is 66.4. The Hall–Kier alpha value is -14.4. The van der Waals surface area contributed by atoms with Gasteiger partial charge in [-0.05, 0) is 115 Å². The molecule has 10 heteroatoms. The molecule has 0 aliphatic rings. The Labute approximate surface area is 691 Å². The van der Waals surface area contributed by atoms with Crippen LogP contribution in [0, 0.1) is 0 Å². The fourth-order valence-electron chi connectivity index (χ4n) is 18.7. The maximum atomic E-state index is 5.51. The third-order valence-electron chi connectivity index (χ3n) is 24.0. The van der Waals surface area contributed by atoms with Gasteiger partial charge >= 0.3 is 0 Å². The first kappa shape index (κ1) is 67.0. The molecule has 548 valence electrons. The highest BCUT2D eigenvalue weighted by Crippen LogP contribution is 2.53. The van der Waals surface area contributed by atoms with Crippen LogP contribution in [0.25, 0.3) is 247 Å². The van der Waals surface area contributed by atoms with E-state index in [1.807, 2.05) is 40.9 Å². The van der Waals surface area contributed by atoms with Crippen LogP contribution in [0.5, 0.6) is 0 Å². The van der Waals surface area contributed by atoms with Crippen molar-refractivity contribution in [2.75, 3.05) is 0 Å². The lowest BCUT2D eigenvalue weighted by molar-refractivity contribution is 1.19. The molecule has 0 aliphatic heterocycles. The fourth-order valence-corrected chi connectivity index (χ4v) is 23.6. The van der Waals surface area contributed by atoms with E-state index in [2.05, 4.69) is 367 Å². The molecule has 0 amide bonds. The highest BCUT2D eigenvalue weighted by atomic mass is 32.1. The smallest absolute Gasteiger partial charge is 0.160 e. The van der Waals surface area contributed by atoms with Gasteiger partial charge in [0.15, 0.2) is 11.6 Å². The van der Waals surface area contributed by atoms with E-state index in [0.29, 0.717) is 0 Å². The maximum absolute atomic E-state index is 5.51. The second-order valence-electron chi connectivity index (χ2n) is 30.5. The number of hydrogen-bond donors (Lipinski definition) is 0. The molecule has 8 heterocycles. The van der Waals surface area contributed by atoms with Crippen LogP contribution in [0.3, 0.4) is 0 Å². The minimum atomic E-state index is 0.724. The molecule has 0 N–H and O–H groups in total. The van der Waals surface area contributed by atoms with Crippen LogP contribution in [0.15, 0.2) is 376 Å². The molecule has 0 radical (unpaired) electrons. The summed E-state index contributed by atoms with van der Waals surface area (Å²) in [6.45, 7) is 0. The molecule has 18 aromatic carbocycles. The highest BCUT2D eigenvalue weighted by molar-refractivity contribution is 7.28. The molecule has 26 rings (SSSR count). The van der Waals surface area contributed by atoms with Crippen LogP contribution in [0.2, 0.25) is 0 Å². The van der Waals surface area contributed by atoms with E-state index < -0.39 is 0 Å². The van der Waals surface area contributed by atoms with Crippen molar-refractivity contribution in [1.82, 2.24) is 29.1 Å². The van der Waals surface area contributed by atoms with Crippen molar-refractivity contribution in [3.05, 3.63) is 376 Å². The third-order valence-corrected chi connectivity index (χ3v) is 28.7. The number of fused-ring (bicyclic) bond motifs is 29. The van der Waals surface area contributed by atoms with Crippen molar-refractivity contribution in [2.24, 2.45) is 0 Å². The Morgan fingerprint density at radius 2 is 0.593 bits per heavy atom. The number of benzene rings is 18. The molecular formula is C108H62N6S4. The number of aromatic nitrogens is 6. The van der Waals surface area contributed by atoms with Crippen LogP contribution in [-0.2, 0) is 0 Å². The zero-order valence-electron chi connectivity index (χ0n) is 63.1. The van der Waals surface area contributed by atoms with E-state index in [1.54, 1.807) is 22.7 Å². The Bertz CT molecular complexity index is 8670. The van der Waals surface area contributed by atoms with Gasteiger partial charge in [0.05, 0.1) is 69.0 Å². The zero-order chi connectivity index (χ0) is 77.2. The SMILES string of the molecule is c1ccc(-c2ccc(-c3nc(-c4ccc(-n5c6ccc7ccccc7c6c6c7ccccc7c7c8ccccc8sc7c65)c5ccccc45)c4sc5ccccc5c4n3)cc2)cc1.c1ccc(-c2nc(-c3ccc(-c4ccc(-n5c6ccccc6c6c7ccccc7c7c8ccccc8sc7c65)cc4)cc3)c3sc4ccccc4c3n2)cc1. The van der Waals surface area contributed by atoms with Crippen LogP contribution in [0.4, 0.5) is 0 Å². The van der Waals surface area contributed by atoms with Crippen molar-refractivity contribution in [3.8, 4) is 78.9 Å². The summed E-state index contributed by atoms with van der Waals surface area (Å²) < 4.78 is 15.0. The van der Waals surface area contributed by atoms with Gasteiger partial charge in [0.1, 0.15) is 0 Å². The summed E-state index contributed by atoms with van der Waals surface area (Å²) in [5.41, 5.74) is 20.1. The topological polar surface area (TPSA) is 61.4 Å². The Morgan fingerprint density at radius 3 is 1.18 bits per heavy atom. The third kappa shape index (κ3) is 10.3. The van der Waals surface area contributed by atoms with Crippen molar-refractivity contribution in [2.45, 2.75) is 0 Å². The highest BCUT2D eigenvalue weighted by Gasteiger charge is 2.28. The maximum Gasteiger partial charge on any atom is 0.160 e. The van der Waals surface area contributed by atoms with Crippen LogP contribution in [0.1, 0.15) is 0 Å². The van der Waals surface area contributed by atoms with Gasteiger partial charge in [-0.2, -0.15) is 0 Å². The summed E-state index contributed by atoms with van der Waals surface area (Å²) in [6, 6.07) is 136. The van der Waals surface area contributed by atoms with E-state index in [-0.39, 0.29) is 0 Å². The molecule has 0 saturated heterocycles. The standard InChI is InChI=1S/C58H33N3S2.C50H29N3S2/c1-2-14-34(15-3-1)35-26-28-37(29-27-35)58-59-53(57-54(60-58)45-23-11-13-25-49(45)63-57)43-31-33-46(40-19-7-6-18-39(40)43)61-47-32-30-36-16-4-5-17-38(36)51(47)52-42-21-9-8-20-41(42)50-44-22-10-12-24-48(44)62-56(50)55(52)61;1-2-12-33(13-3-1)50-51-45(49-46(52-50)39-18-8-11-21-42(39)55-49)32-24-22-30(23-25-32)31-26-28-34(29-27-31)53-40-19-9-6-16-37(40)43-35-14-4-5-15-36(35)44-38-17-7-10-20-41(38)54-48(44)47(43)53/h1-33H;1-29H. The number of rotatable bonds is 8. The fraction of sp³-hybridized carbons (Fsp3) is 0. The lowest BCUT2D eigenvalue weighted by atomic mass is 9.97. The predicted molar refractivity (Wildman–Crippen MR) is 507 cm³/mol. The Morgan fingerprint density at radius 1 is 0.203 bits per heavy atom. The van der Waals surface area contributed by atoms with Gasteiger partial charge in [-0.1, -0.05) is 322 Å². The molecule has 0 aliphatic carbocycles. The minimum Gasteiger partial charge on any atom is -0.308 e. The molecule has 26 aromatic rings. The second-order valence-corrected chi connectivity index (χ2v) is 34.7. The molecule has 0 bridgehead atoms. The van der Waals surface area contributed by atoms with Gasteiger partial charge < -0.3 is 9.13 Å². The van der Waals surface area contributed by atoms with Crippen molar-refractivity contribution in [1.29, 1.82) is 0 Å². The van der Waals surface area contributed by atoms with Gasteiger partial charge in [-0.25, -0.2) is 19.9 Å². The normalized spacial score (nSPS) is 12.1. The first-order chi connectivity index (χ1) is 58.5. The molecule has 8 aromatic heterocycles. The lowest BCUT2D eigenvalue weighted by Gasteiger charge is -2.16. The first-order valence-electron chi connectivity index (χ1n) is 39.8. The average Bonchev–Trinajstić information content (AvgIpc) is 1.54. The van der Waals surface area contributed by atoms with Crippen molar-refractivity contribution < 1.29 is 0 Å². The molecule has 0 atom stereocenters. The quantitative estimate of drug-likeness (QED) is 0.152. The first-order valence-corrected chi connectivity index (χ1v) is 43.1. The van der Waals surface area contributed by atoms with Crippen LogP contribution < -0.4 is 0 Å². The number of hydrogen-bond acceptors (Lipinski definition) is 8. The van der Waals surface area contributed by atoms with Crippen LogP contribution >= 0.6 is 45.3 Å². The molecule has 0 saturated carbocycles. The summed E-state index contributed by atoms with van der Waals surface area (Å²) in [4.78, 5) is 21.1. The summed E-state index contributed by atoms with van der Waals surface area (Å²) in [7, 11) is 0. The lowest BCUT2D eigenvalue weighted by Crippen LogP contribution is -1.98. The molecular weight excluding hydrogens is 1510 g/mol. The largest absolute Gasteiger partial charge is 0.308 e. The predicted octanol–water partition coefficient (Wildman–Crippen LogP) is 31.2. The average molecular weight is 1570 g/mol. The van der Waals surface area contributed by atoms with E-state index in [0.717, 1.165) is 87.9 Å². The van der Waals surface area contributed by atoms with E-state index in [1.165, 1.54) is 159 Å². The van der Waals surface area contributed by atoms with E-state index in [9.17, 15) is 0 Å². The van der Waals surface area contributed by atoms with Crippen molar-refractivity contribution in [3.63, 3.8) is 0 Å². The Balaban J connectivity index is 0.000000133. The van der Waals surface area contributed by atoms with E-state index >= 15 is 0 Å². The van der Waals surface area contributed by atoms with Gasteiger partial charge in [0.25, 0.3) is 0 Å². The summed E-state index contributed by atoms with van der Waals surface area (Å²) >= 11 is 7.35. The van der Waals surface area contributed by atoms with Gasteiger partial charge in [-0.3, -0.25) is 0 Å². The van der Waals surface area contributed by atoms with E-state index in [4.69, 9.17) is 19.9 Å². The molecule has 118 heavy (non-hydrogen) atoms. The number of thiophene rings is 4. The summed E-state index contributed by atoms with van der Waals surface area (Å²) in [5.74, 6) is 1.47. The second kappa shape index (κ2) is 26.6. The minimum absolute atomic E-state index is 0.724. The molecule has 0 spiro atoms. The summed E-state index contributed by atoms with van der Waals surface area (Å²) in [5, 5.41) is 22.8. The number of para-hydroxylation sites is 1. The Kier molecular flexibility index (Phi) is 15.1. The van der Waals surface area contributed by atoms with Gasteiger partial charge in [0.2, 0.25) is 0 Å². The van der Waals surface area contributed by atoms with Gasteiger partial charge in [-0.15, -0.1) is 45.3 Å². The molecule has 0 unspecified atom stereocenters.